The molecule has 2 aliphatic rings. The van der Waals surface area contributed by atoms with Crippen LogP contribution in [0.15, 0.2) is 36.4 Å². The summed E-state index contributed by atoms with van der Waals surface area (Å²) in [5.74, 6) is 1.24. The summed E-state index contributed by atoms with van der Waals surface area (Å²) in [5.41, 5.74) is 5.64. The number of allylic oxidation sites excluding steroid dienone is 2. The van der Waals surface area contributed by atoms with E-state index < -0.39 is 0 Å². The predicted molar refractivity (Wildman–Crippen MR) is 91.3 cm³/mol. The number of rotatable bonds is 1. The van der Waals surface area contributed by atoms with Crippen LogP contribution in [0.4, 0.5) is 5.69 Å². The van der Waals surface area contributed by atoms with Gasteiger partial charge in [0.25, 0.3) is 0 Å². The number of fused-ring (bicyclic) bond motifs is 3. The molecule has 0 saturated heterocycles. The van der Waals surface area contributed by atoms with Crippen LogP contribution in [0.25, 0.3) is 0 Å². The normalized spacial score (nSPS) is 26.3. The van der Waals surface area contributed by atoms with Gasteiger partial charge in [-0.3, -0.25) is 0 Å². The van der Waals surface area contributed by atoms with Crippen LogP contribution in [0.1, 0.15) is 44.8 Å². The van der Waals surface area contributed by atoms with Gasteiger partial charge in [-0.15, -0.1) is 11.3 Å². The molecule has 21 heavy (non-hydrogen) atoms. The third-order valence-electron chi connectivity index (χ3n) is 4.88. The minimum Gasteiger partial charge on any atom is -0.377 e. The van der Waals surface area contributed by atoms with Crippen LogP contribution in [-0.2, 0) is 0 Å². The Hall–Kier alpha value is -1.54. The lowest BCUT2D eigenvalue weighted by atomic mass is 9.77. The summed E-state index contributed by atoms with van der Waals surface area (Å²) < 4.78 is 0. The van der Waals surface area contributed by atoms with E-state index in [2.05, 4.69) is 62.5 Å². The molecule has 0 radical (unpaired) electrons. The number of benzene rings is 1. The highest BCUT2D eigenvalue weighted by molar-refractivity contribution is 7.12. The molecule has 1 N–H and O–H groups in total. The molecule has 2 heterocycles. The largest absolute Gasteiger partial charge is 0.377 e. The number of nitrogens with one attached hydrogen (secondary N) is 1. The highest BCUT2D eigenvalue weighted by atomic mass is 32.1. The first-order chi connectivity index (χ1) is 10.1. The van der Waals surface area contributed by atoms with Gasteiger partial charge in [0.15, 0.2) is 0 Å². The first-order valence-corrected chi connectivity index (χ1v) is 8.56. The van der Waals surface area contributed by atoms with E-state index in [1.807, 2.05) is 11.3 Å². The summed E-state index contributed by atoms with van der Waals surface area (Å²) >= 11 is 1.94. The van der Waals surface area contributed by atoms with Gasteiger partial charge in [0, 0.05) is 21.4 Å². The van der Waals surface area contributed by atoms with E-state index in [0.29, 0.717) is 17.9 Å². The van der Waals surface area contributed by atoms with Gasteiger partial charge in [0.1, 0.15) is 0 Å². The predicted octanol–water partition coefficient (Wildman–Crippen LogP) is 5.50. The molecule has 1 aromatic heterocycles. The second-order valence-electron chi connectivity index (χ2n) is 6.47. The molecule has 1 nitrogen and oxygen atoms in total. The highest BCUT2D eigenvalue weighted by Gasteiger charge is 2.39. The molecule has 3 atom stereocenters. The van der Waals surface area contributed by atoms with Crippen molar-refractivity contribution in [2.24, 2.45) is 5.92 Å². The molecule has 1 aliphatic heterocycles. The van der Waals surface area contributed by atoms with Gasteiger partial charge in [-0.2, -0.15) is 0 Å². The van der Waals surface area contributed by atoms with E-state index in [4.69, 9.17) is 0 Å². The maximum atomic E-state index is 3.85. The quantitative estimate of drug-likeness (QED) is 0.685. The Kier molecular flexibility index (Phi) is 2.97. The van der Waals surface area contributed by atoms with Crippen LogP contribution in [0.2, 0.25) is 0 Å². The zero-order chi connectivity index (χ0) is 14.6. The monoisotopic (exact) mass is 295 g/mol. The molecule has 0 bridgehead atoms. The van der Waals surface area contributed by atoms with Crippen molar-refractivity contribution in [2.45, 2.75) is 39.2 Å². The molecule has 3 unspecified atom stereocenters. The van der Waals surface area contributed by atoms with E-state index in [9.17, 15) is 0 Å². The van der Waals surface area contributed by atoms with Crippen LogP contribution in [0.5, 0.6) is 0 Å². The van der Waals surface area contributed by atoms with Gasteiger partial charge in [0.2, 0.25) is 0 Å². The van der Waals surface area contributed by atoms with Crippen LogP contribution in [0, 0.1) is 26.7 Å². The van der Waals surface area contributed by atoms with E-state index in [1.165, 1.54) is 38.6 Å². The van der Waals surface area contributed by atoms with Gasteiger partial charge in [-0.25, -0.2) is 0 Å². The van der Waals surface area contributed by atoms with Crippen LogP contribution in [0.3, 0.4) is 0 Å². The molecule has 2 heteroatoms. The Morgan fingerprint density at radius 1 is 1.14 bits per heavy atom. The molecule has 0 amide bonds. The molecule has 2 aromatic rings. The van der Waals surface area contributed by atoms with Crippen LogP contribution < -0.4 is 5.32 Å². The van der Waals surface area contributed by atoms with Crippen molar-refractivity contribution in [2.75, 3.05) is 5.32 Å². The van der Waals surface area contributed by atoms with Gasteiger partial charge < -0.3 is 5.32 Å². The lowest BCUT2D eigenvalue weighted by molar-refractivity contribution is 0.429. The molecular formula is C19H21NS. The second kappa shape index (κ2) is 4.74. The van der Waals surface area contributed by atoms with E-state index in [0.717, 1.165) is 0 Å². The summed E-state index contributed by atoms with van der Waals surface area (Å²) in [6.07, 6.45) is 5.99. The third-order valence-corrected chi connectivity index (χ3v) is 5.97. The topological polar surface area (TPSA) is 12.0 Å². The zero-order valence-corrected chi connectivity index (χ0v) is 13.6. The summed E-state index contributed by atoms with van der Waals surface area (Å²) in [6.45, 7) is 6.64. The van der Waals surface area contributed by atoms with Crippen LogP contribution >= 0.6 is 11.3 Å². The zero-order valence-electron chi connectivity index (χ0n) is 12.8. The number of aryl methyl sites for hydroxylation is 3. The third kappa shape index (κ3) is 2.04. The maximum absolute atomic E-state index is 3.85. The van der Waals surface area contributed by atoms with Crippen molar-refractivity contribution in [3.63, 3.8) is 0 Å². The average Bonchev–Trinajstić information content (AvgIpc) is 3.05. The first kappa shape index (κ1) is 13.1. The van der Waals surface area contributed by atoms with Crippen molar-refractivity contribution in [1.82, 2.24) is 0 Å². The molecule has 1 aliphatic carbocycles. The van der Waals surface area contributed by atoms with Crippen molar-refractivity contribution in [3.8, 4) is 0 Å². The fourth-order valence-electron chi connectivity index (χ4n) is 4.04. The average molecular weight is 295 g/mol. The van der Waals surface area contributed by atoms with Gasteiger partial charge in [-0.05, 0) is 68.0 Å². The molecule has 4 rings (SSSR count). The smallest absolute Gasteiger partial charge is 0.0646 e. The number of anilines is 1. The Bertz CT molecular complexity index is 725. The van der Waals surface area contributed by atoms with Crippen molar-refractivity contribution in [3.05, 3.63) is 62.9 Å². The standard InChI is InChI=1S/C19H21NS/c1-11-9-12(2)18-14-5-4-6-15(14)19(20-16(18)10-11)17-8-7-13(3)21-17/h4-5,7-10,14-15,19-20H,6H2,1-3H3. The van der Waals surface area contributed by atoms with Crippen LogP contribution in [-0.4, -0.2) is 0 Å². The Labute approximate surface area is 130 Å². The lowest BCUT2D eigenvalue weighted by Crippen LogP contribution is -2.29. The molecule has 0 spiro atoms. The molecule has 108 valence electrons. The Morgan fingerprint density at radius 3 is 2.76 bits per heavy atom. The SMILES string of the molecule is Cc1cc(C)c2c(c1)NC(c1ccc(C)s1)C1CC=CC21. The highest BCUT2D eigenvalue weighted by Crippen LogP contribution is 2.51. The molecular weight excluding hydrogens is 274 g/mol. The summed E-state index contributed by atoms with van der Waals surface area (Å²) in [5, 5.41) is 3.85. The maximum Gasteiger partial charge on any atom is 0.0646 e. The van der Waals surface area contributed by atoms with E-state index in [-0.39, 0.29) is 0 Å². The Balaban J connectivity index is 1.84. The second-order valence-corrected chi connectivity index (χ2v) is 7.79. The lowest BCUT2D eigenvalue weighted by Gasteiger charge is -2.38. The summed E-state index contributed by atoms with van der Waals surface area (Å²) in [7, 11) is 0. The molecule has 0 saturated carbocycles. The fourth-order valence-corrected chi connectivity index (χ4v) is 5.05. The molecule has 1 aromatic carbocycles. The number of hydrogen-bond donors (Lipinski definition) is 1. The summed E-state index contributed by atoms with van der Waals surface area (Å²) in [4.78, 5) is 2.89. The van der Waals surface area contributed by atoms with Gasteiger partial charge in [0.05, 0.1) is 6.04 Å². The number of hydrogen-bond acceptors (Lipinski definition) is 2. The fraction of sp³-hybridized carbons (Fsp3) is 0.368. The van der Waals surface area contributed by atoms with Crippen molar-refractivity contribution in [1.29, 1.82) is 0 Å². The Morgan fingerprint density at radius 2 is 2.00 bits per heavy atom. The van der Waals surface area contributed by atoms with Crippen molar-refractivity contribution >= 4 is 17.0 Å². The minimum absolute atomic E-state index is 0.456. The van der Waals surface area contributed by atoms with Gasteiger partial charge >= 0.3 is 0 Å². The minimum atomic E-state index is 0.456. The molecule has 0 fully saturated rings. The van der Waals surface area contributed by atoms with E-state index in [1.54, 1.807) is 0 Å². The van der Waals surface area contributed by atoms with E-state index >= 15 is 0 Å². The van der Waals surface area contributed by atoms with Gasteiger partial charge in [-0.1, -0.05) is 18.2 Å². The van der Waals surface area contributed by atoms with Crippen molar-refractivity contribution < 1.29 is 0 Å². The first-order valence-electron chi connectivity index (χ1n) is 7.74. The summed E-state index contributed by atoms with van der Waals surface area (Å²) in [6, 6.07) is 9.64. The number of thiophene rings is 1.